The van der Waals surface area contributed by atoms with E-state index in [2.05, 4.69) is 0 Å². The summed E-state index contributed by atoms with van der Waals surface area (Å²) >= 11 is 0. The van der Waals surface area contributed by atoms with Crippen LogP contribution in [-0.4, -0.2) is 57.6 Å². The minimum absolute atomic E-state index is 0.443. The average molecular weight is 575 g/mol. The summed E-state index contributed by atoms with van der Waals surface area (Å²) < 4.78 is 6.56. The molecule has 0 aliphatic carbocycles. The van der Waals surface area contributed by atoms with Gasteiger partial charge in [0.15, 0.2) is 0 Å². The fourth-order valence-electron chi connectivity index (χ4n) is 8.63. The predicted molar refractivity (Wildman–Crippen MR) is 161 cm³/mol. The summed E-state index contributed by atoms with van der Waals surface area (Å²) in [5.74, 6) is 2.66. The van der Waals surface area contributed by atoms with Gasteiger partial charge in [0, 0.05) is 0 Å². The Morgan fingerprint density at radius 3 is 1.33 bits per heavy atom. The Morgan fingerprint density at radius 1 is 0.465 bits per heavy atom. The third-order valence-electron chi connectivity index (χ3n) is 10.2. The standard InChI is InChI=1S/C32H18N8O2Si/c41-43(42)37-25-17-9-1-2-10-18(17)26(37)34-28-21-13-5-6-14-22(21)30(39(28)43)36-32-24-16-8-7-15-23(24)31(40(32)43)35-29-20-12-4-3-11-19(20)27(33-25)38(29)43/h1-16,41-42H. The molecular formula is C32H18N8O2Si. The number of hydrogen-bond donors (Lipinski definition) is 2. The fourth-order valence-corrected chi connectivity index (χ4v) is 15.0. The molecule has 0 unspecified atom stereocenters. The van der Waals surface area contributed by atoms with Crippen LogP contribution in [-0.2, 0) is 0 Å². The molecule has 6 aromatic rings. The molecule has 6 aliphatic rings. The second-order valence-corrected chi connectivity index (χ2v) is 16.8. The van der Waals surface area contributed by atoms with Crippen molar-refractivity contribution in [3.8, 4) is 0 Å². The molecule has 2 aromatic heterocycles. The van der Waals surface area contributed by atoms with Gasteiger partial charge in [-0.3, -0.25) is 0 Å². The number of benzene rings is 4. The zero-order valence-electron chi connectivity index (χ0n) is 22.2. The van der Waals surface area contributed by atoms with Gasteiger partial charge in [-0.2, -0.15) is 0 Å². The number of aromatic nitrogens is 2. The van der Waals surface area contributed by atoms with Crippen molar-refractivity contribution in [1.82, 2.24) is 8.47 Å². The van der Waals surface area contributed by atoms with E-state index >= 15 is 0 Å². The van der Waals surface area contributed by atoms with Crippen LogP contribution < -0.4 is 11.0 Å². The third-order valence-corrected chi connectivity index (χ3v) is 15.9. The molecule has 0 saturated carbocycles. The molecule has 4 aromatic carbocycles. The molecule has 202 valence electrons. The van der Waals surface area contributed by atoms with Gasteiger partial charge in [0.2, 0.25) is 0 Å². The molecule has 0 saturated heterocycles. The molecule has 0 amide bonds. The number of nitrogens with zero attached hydrogens (tertiary/aromatic N) is 8. The Kier molecular flexibility index (Phi) is 2.80. The van der Waals surface area contributed by atoms with E-state index in [4.69, 9.17) is 20.0 Å². The quantitative estimate of drug-likeness (QED) is 0.272. The second-order valence-electron chi connectivity index (χ2n) is 12.1. The first kappa shape index (κ1) is 21.1. The van der Waals surface area contributed by atoms with Crippen LogP contribution in [0.15, 0.2) is 117 Å². The Hall–Kier alpha value is -5.62. The molecule has 0 fully saturated rings. The van der Waals surface area contributed by atoms with Crippen molar-refractivity contribution in [2.24, 2.45) is 20.0 Å². The van der Waals surface area contributed by atoms with Gasteiger partial charge in [-0.25, -0.2) is 0 Å². The average Bonchev–Trinajstić information content (AvgIpc) is 3.74. The number of hydrogen-bond acceptors (Lipinski definition) is 6. The van der Waals surface area contributed by atoms with Crippen molar-refractivity contribution in [2.75, 3.05) is 0 Å². The SMILES string of the molecule is O[Si-2]123(O)n4c5c6ccccc6c4N=C4c6ccccc6C(=[N+]41)N=c1c4ccccc4c(n12)=NC1=[N+]3C(=N5)c2ccccc21. The zero-order valence-corrected chi connectivity index (χ0v) is 23.2. The molecule has 43 heavy (non-hydrogen) atoms. The predicted octanol–water partition coefficient (Wildman–Crippen LogP) is 2.31. The van der Waals surface area contributed by atoms with Gasteiger partial charge >= 0.3 is 241 Å². The Balaban J connectivity index is 1.51. The van der Waals surface area contributed by atoms with Gasteiger partial charge in [-0.05, 0) is 0 Å². The van der Waals surface area contributed by atoms with E-state index in [0.29, 0.717) is 46.0 Å². The van der Waals surface area contributed by atoms with Crippen LogP contribution in [0.2, 0.25) is 0 Å². The molecule has 8 heterocycles. The Bertz CT molecular complexity index is 2630. The summed E-state index contributed by atoms with van der Waals surface area (Å²) in [6, 6.07) is 31.3. The maximum atomic E-state index is 14.7. The molecular weight excluding hydrogens is 556 g/mol. The first-order valence-corrected chi connectivity index (χ1v) is 16.9. The van der Waals surface area contributed by atoms with Gasteiger partial charge < -0.3 is 0 Å². The fraction of sp³-hybridized carbons (Fsp3) is 0. The summed E-state index contributed by atoms with van der Waals surface area (Å²) in [6.07, 6.45) is 0. The monoisotopic (exact) mass is 574 g/mol. The summed E-state index contributed by atoms with van der Waals surface area (Å²) in [5, 5.41) is 3.14. The second kappa shape index (κ2) is 5.70. The van der Waals surface area contributed by atoms with E-state index in [0.717, 1.165) is 43.8 Å². The van der Waals surface area contributed by atoms with E-state index in [1.54, 1.807) is 16.9 Å². The summed E-state index contributed by atoms with van der Waals surface area (Å²) in [5.41, 5.74) is 4.03. The summed E-state index contributed by atoms with van der Waals surface area (Å²) in [7, 11) is -6.98. The van der Waals surface area contributed by atoms with E-state index in [1.165, 1.54) is 0 Å². The zero-order chi connectivity index (χ0) is 28.1. The number of amidine groups is 4. The summed E-state index contributed by atoms with van der Waals surface area (Å²) in [4.78, 5) is 50.4. The molecule has 1 spiro atoms. The van der Waals surface area contributed by atoms with Crippen LogP contribution in [0, 0.1) is 0 Å². The van der Waals surface area contributed by atoms with E-state index in [-0.39, 0.29) is 0 Å². The third kappa shape index (κ3) is 1.71. The van der Waals surface area contributed by atoms with Gasteiger partial charge in [-0.1, -0.05) is 0 Å². The Labute approximate surface area is 240 Å². The first-order chi connectivity index (χ1) is 21.0. The molecule has 11 heteroatoms. The summed E-state index contributed by atoms with van der Waals surface area (Å²) in [6.45, 7) is 0. The van der Waals surface area contributed by atoms with Crippen LogP contribution in [0.5, 0.6) is 0 Å². The van der Waals surface area contributed by atoms with Gasteiger partial charge in [0.05, 0.1) is 0 Å². The van der Waals surface area contributed by atoms with E-state index < -0.39 is 7.76 Å². The topological polar surface area (TPSA) is 106 Å². The number of rotatable bonds is 0. The molecule has 6 aliphatic heterocycles. The van der Waals surface area contributed by atoms with Crippen molar-refractivity contribution in [3.05, 3.63) is 130 Å². The molecule has 0 radical (unpaired) electrons. The van der Waals surface area contributed by atoms with Gasteiger partial charge in [0.1, 0.15) is 0 Å². The molecule has 0 bridgehead atoms. The normalized spacial score (nSPS) is 22.2. The Morgan fingerprint density at radius 2 is 0.860 bits per heavy atom. The maximum absolute atomic E-state index is 14.7. The van der Waals surface area contributed by atoms with Crippen molar-refractivity contribution >= 4 is 64.3 Å². The minimum atomic E-state index is -6.98. The van der Waals surface area contributed by atoms with Crippen LogP contribution in [0.3, 0.4) is 0 Å². The van der Waals surface area contributed by atoms with E-state index in [1.807, 2.05) is 97.1 Å². The number of aliphatic imine (C=N–C) groups is 2. The number of fused-ring (bicyclic) bond motifs is 12. The van der Waals surface area contributed by atoms with Crippen molar-refractivity contribution < 1.29 is 18.1 Å². The van der Waals surface area contributed by atoms with E-state index in [9.17, 15) is 9.59 Å². The van der Waals surface area contributed by atoms with Gasteiger partial charge in [0.25, 0.3) is 0 Å². The first-order valence-electron chi connectivity index (χ1n) is 14.2. The molecule has 0 atom stereocenters. The molecule has 2 N–H and O–H groups in total. The van der Waals surface area contributed by atoms with Crippen molar-refractivity contribution in [3.63, 3.8) is 0 Å². The van der Waals surface area contributed by atoms with Gasteiger partial charge in [-0.15, -0.1) is 0 Å². The van der Waals surface area contributed by atoms with Crippen LogP contribution in [0.1, 0.15) is 22.3 Å². The van der Waals surface area contributed by atoms with Crippen LogP contribution in [0.4, 0.5) is 11.6 Å². The van der Waals surface area contributed by atoms with Crippen molar-refractivity contribution in [1.29, 1.82) is 0 Å². The van der Waals surface area contributed by atoms with Crippen molar-refractivity contribution in [2.45, 2.75) is 0 Å². The molecule has 10 nitrogen and oxygen atoms in total. The van der Waals surface area contributed by atoms with Crippen LogP contribution in [0.25, 0.3) is 21.5 Å². The van der Waals surface area contributed by atoms with Crippen LogP contribution >= 0.6 is 0 Å². The molecule has 12 rings (SSSR count).